The van der Waals surface area contributed by atoms with Crippen molar-refractivity contribution in [2.75, 3.05) is 13.1 Å². The highest BCUT2D eigenvalue weighted by molar-refractivity contribution is 5.94. The second kappa shape index (κ2) is 8.74. The second-order valence-corrected chi connectivity index (χ2v) is 8.74. The highest BCUT2D eigenvalue weighted by atomic mass is 16.6. The van der Waals surface area contributed by atoms with Crippen LogP contribution in [0.1, 0.15) is 50.4 Å². The fraction of sp³-hybridized carbons (Fsp3) is 0.545. The molecule has 0 saturated carbocycles. The number of nitrogens with zero attached hydrogens (tertiary/aromatic N) is 3. The van der Waals surface area contributed by atoms with Crippen molar-refractivity contribution in [3.63, 3.8) is 0 Å². The van der Waals surface area contributed by atoms with Gasteiger partial charge >= 0.3 is 6.09 Å². The maximum Gasteiger partial charge on any atom is 0.411 e. The number of hydrogen-bond acceptors (Lipinski definition) is 5. The van der Waals surface area contributed by atoms with E-state index in [4.69, 9.17) is 4.74 Å². The lowest BCUT2D eigenvalue weighted by Crippen LogP contribution is -2.50. The van der Waals surface area contributed by atoms with E-state index in [1.807, 2.05) is 6.07 Å². The third-order valence-electron chi connectivity index (χ3n) is 5.27. The van der Waals surface area contributed by atoms with Crippen molar-refractivity contribution in [2.24, 2.45) is 0 Å². The van der Waals surface area contributed by atoms with Crippen LogP contribution in [0.15, 0.2) is 30.3 Å². The van der Waals surface area contributed by atoms with E-state index >= 15 is 0 Å². The zero-order chi connectivity index (χ0) is 21.9. The van der Waals surface area contributed by atoms with Crippen molar-refractivity contribution in [1.82, 2.24) is 15.1 Å². The first kappa shape index (κ1) is 21.6. The number of ether oxygens (including phenoxy) is 1. The second-order valence-electron chi connectivity index (χ2n) is 8.74. The Hall–Kier alpha value is -3.08. The Balaban J connectivity index is 1.77. The van der Waals surface area contributed by atoms with Gasteiger partial charge < -0.3 is 15.0 Å². The van der Waals surface area contributed by atoms with Gasteiger partial charge in [-0.1, -0.05) is 18.2 Å². The van der Waals surface area contributed by atoms with E-state index in [0.29, 0.717) is 18.5 Å². The van der Waals surface area contributed by atoms with Gasteiger partial charge in [-0.2, -0.15) is 5.26 Å². The molecule has 160 valence electrons. The lowest BCUT2D eigenvalue weighted by atomic mass is 10.1. The summed E-state index contributed by atoms with van der Waals surface area (Å²) in [6, 6.07) is 9.33. The standard InChI is InChI=1S/C22H28N4O4/c1-22(2,3)30-21(29)26-14-16(24-19(27)15-8-5-4-6-9-15)12-18(26)20(28)25-11-7-10-17(25)13-23/h4-6,8-9,16-18H,7,10-12,14H2,1-3H3,(H,24,27)/t16-,17+,18+/m1/s1. The van der Waals surface area contributed by atoms with Gasteiger partial charge in [0.2, 0.25) is 5.91 Å². The van der Waals surface area contributed by atoms with E-state index in [9.17, 15) is 19.6 Å². The number of carbonyl (C=O) groups excluding carboxylic acids is 3. The molecular weight excluding hydrogens is 384 g/mol. The van der Waals surface area contributed by atoms with Crippen LogP contribution in [0, 0.1) is 11.3 Å². The summed E-state index contributed by atoms with van der Waals surface area (Å²) in [7, 11) is 0. The summed E-state index contributed by atoms with van der Waals surface area (Å²) in [6.45, 7) is 5.96. The molecule has 2 saturated heterocycles. The zero-order valence-corrected chi connectivity index (χ0v) is 17.6. The Kier molecular flexibility index (Phi) is 6.30. The fourth-order valence-corrected chi connectivity index (χ4v) is 3.91. The molecule has 0 radical (unpaired) electrons. The summed E-state index contributed by atoms with van der Waals surface area (Å²) < 4.78 is 5.49. The average molecular weight is 412 g/mol. The minimum absolute atomic E-state index is 0.176. The topological polar surface area (TPSA) is 103 Å². The lowest BCUT2D eigenvalue weighted by molar-refractivity contribution is -0.135. The number of carbonyl (C=O) groups is 3. The average Bonchev–Trinajstić information content (AvgIpc) is 3.33. The SMILES string of the molecule is CC(C)(C)OC(=O)N1C[C@H](NC(=O)c2ccccc2)C[C@H]1C(=O)N1CCC[C@H]1C#N. The predicted molar refractivity (Wildman–Crippen MR) is 109 cm³/mol. The Bertz CT molecular complexity index is 843. The van der Waals surface area contributed by atoms with Crippen molar-refractivity contribution >= 4 is 17.9 Å². The normalized spacial score (nSPS) is 23.7. The Morgan fingerprint density at radius 2 is 1.87 bits per heavy atom. The Labute approximate surface area is 176 Å². The smallest absolute Gasteiger partial charge is 0.411 e. The van der Waals surface area contributed by atoms with E-state index in [1.165, 1.54) is 4.90 Å². The maximum atomic E-state index is 13.2. The van der Waals surface area contributed by atoms with E-state index in [2.05, 4.69) is 11.4 Å². The molecule has 2 fully saturated rings. The minimum atomic E-state index is -0.769. The molecule has 3 amide bonds. The number of nitrogens with one attached hydrogen (secondary N) is 1. The molecule has 0 aliphatic carbocycles. The zero-order valence-electron chi connectivity index (χ0n) is 17.6. The van der Waals surface area contributed by atoms with E-state index in [0.717, 1.165) is 6.42 Å². The van der Waals surface area contributed by atoms with Crippen LogP contribution in [0.25, 0.3) is 0 Å². The first-order valence-corrected chi connectivity index (χ1v) is 10.2. The van der Waals surface area contributed by atoms with Crippen LogP contribution in [-0.4, -0.2) is 64.5 Å². The molecule has 1 aromatic carbocycles. The van der Waals surface area contributed by atoms with E-state index in [1.54, 1.807) is 49.9 Å². The number of likely N-dealkylation sites (tertiary alicyclic amines) is 2. The summed E-state index contributed by atoms with van der Waals surface area (Å²) in [5.74, 6) is -0.518. The molecule has 2 aliphatic heterocycles. The summed E-state index contributed by atoms with van der Waals surface area (Å²) in [5, 5.41) is 12.3. The number of hydrogen-bond donors (Lipinski definition) is 1. The molecule has 0 bridgehead atoms. The molecule has 8 heteroatoms. The summed E-state index contributed by atoms with van der Waals surface area (Å²) >= 11 is 0. The molecule has 8 nitrogen and oxygen atoms in total. The first-order valence-electron chi connectivity index (χ1n) is 10.2. The molecule has 0 spiro atoms. The van der Waals surface area contributed by atoms with Crippen LogP contribution in [-0.2, 0) is 9.53 Å². The molecule has 1 N–H and O–H groups in total. The summed E-state index contributed by atoms with van der Waals surface area (Å²) in [6.07, 6.45) is 1.09. The van der Waals surface area contributed by atoms with Crippen LogP contribution in [0.2, 0.25) is 0 Å². The van der Waals surface area contributed by atoms with Gasteiger partial charge in [-0.05, 0) is 52.2 Å². The van der Waals surface area contributed by atoms with Crippen molar-refractivity contribution in [3.8, 4) is 6.07 Å². The van der Waals surface area contributed by atoms with Gasteiger partial charge in [0.1, 0.15) is 17.7 Å². The third kappa shape index (κ3) is 4.90. The highest BCUT2D eigenvalue weighted by Crippen LogP contribution is 2.26. The molecule has 2 heterocycles. The molecule has 3 rings (SSSR count). The Morgan fingerprint density at radius 1 is 1.17 bits per heavy atom. The van der Waals surface area contributed by atoms with Crippen molar-refractivity contribution in [3.05, 3.63) is 35.9 Å². The summed E-state index contributed by atoms with van der Waals surface area (Å²) in [4.78, 5) is 41.5. The quantitative estimate of drug-likeness (QED) is 0.821. The molecule has 30 heavy (non-hydrogen) atoms. The van der Waals surface area contributed by atoms with Gasteiger partial charge in [-0.3, -0.25) is 14.5 Å². The number of benzene rings is 1. The molecular formula is C22H28N4O4. The van der Waals surface area contributed by atoms with E-state index in [-0.39, 0.29) is 30.8 Å². The van der Waals surface area contributed by atoms with Crippen molar-refractivity contribution in [2.45, 2.75) is 63.8 Å². The van der Waals surface area contributed by atoms with Crippen LogP contribution in [0.4, 0.5) is 4.79 Å². The maximum absolute atomic E-state index is 13.2. The molecule has 1 aromatic rings. The lowest BCUT2D eigenvalue weighted by Gasteiger charge is -2.30. The summed E-state index contributed by atoms with van der Waals surface area (Å²) in [5.41, 5.74) is -0.195. The highest BCUT2D eigenvalue weighted by Gasteiger charge is 2.45. The van der Waals surface area contributed by atoms with Crippen LogP contribution >= 0.6 is 0 Å². The number of rotatable bonds is 3. The number of nitriles is 1. The van der Waals surface area contributed by atoms with Crippen molar-refractivity contribution in [1.29, 1.82) is 5.26 Å². The first-order chi connectivity index (χ1) is 14.2. The van der Waals surface area contributed by atoms with Gasteiger partial charge in [-0.15, -0.1) is 0 Å². The third-order valence-corrected chi connectivity index (χ3v) is 5.27. The van der Waals surface area contributed by atoms with Crippen molar-refractivity contribution < 1.29 is 19.1 Å². The number of amides is 3. The molecule has 3 atom stereocenters. The van der Waals surface area contributed by atoms with Crippen LogP contribution < -0.4 is 5.32 Å². The van der Waals surface area contributed by atoms with Gasteiger partial charge in [0.15, 0.2) is 0 Å². The van der Waals surface area contributed by atoms with Gasteiger partial charge in [0.05, 0.1) is 6.07 Å². The van der Waals surface area contributed by atoms with Crippen LogP contribution in [0.5, 0.6) is 0 Å². The van der Waals surface area contributed by atoms with Crippen LogP contribution in [0.3, 0.4) is 0 Å². The Morgan fingerprint density at radius 3 is 2.50 bits per heavy atom. The fourth-order valence-electron chi connectivity index (χ4n) is 3.91. The minimum Gasteiger partial charge on any atom is -0.444 e. The van der Waals surface area contributed by atoms with Gasteiger partial charge in [0, 0.05) is 24.7 Å². The monoisotopic (exact) mass is 412 g/mol. The largest absolute Gasteiger partial charge is 0.444 e. The molecule has 0 unspecified atom stereocenters. The van der Waals surface area contributed by atoms with E-state index < -0.39 is 23.8 Å². The predicted octanol–water partition coefficient (Wildman–Crippen LogP) is 2.31. The molecule has 0 aromatic heterocycles. The molecule has 2 aliphatic rings. The van der Waals surface area contributed by atoms with Gasteiger partial charge in [0.25, 0.3) is 5.91 Å². The van der Waals surface area contributed by atoms with Gasteiger partial charge in [-0.25, -0.2) is 4.79 Å².